The number of piperidine rings is 1. The quantitative estimate of drug-likeness (QED) is 0.832. The molecule has 1 N–H and O–H groups in total. The summed E-state index contributed by atoms with van der Waals surface area (Å²) >= 11 is 0. The fraction of sp³-hybridized carbons (Fsp3) is 0.647. The Kier molecular flexibility index (Phi) is 4.45. The summed E-state index contributed by atoms with van der Waals surface area (Å²) in [6, 6.07) is 7.15. The summed E-state index contributed by atoms with van der Waals surface area (Å²) < 4.78 is 0. The minimum absolute atomic E-state index is 0.626. The third-order valence-electron chi connectivity index (χ3n) is 4.14. The van der Waals surface area contributed by atoms with Gasteiger partial charge in [-0.25, -0.2) is 0 Å². The van der Waals surface area contributed by atoms with E-state index in [1.807, 2.05) is 0 Å². The fourth-order valence-corrected chi connectivity index (χ4v) is 2.95. The lowest BCUT2D eigenvalue weighted by molar-refractivity contribution is 0.458. The lowest BCUT2D eigenvalue weighted by Gasteiger charge is -2.27. The normalized spacial score (nSPS) is 20.7. The van der Waals surface area contributed by atoms with E-state index in [1.165, 1.54) is 24.9 Å². The van der Waals surface area contributed by atoms with Crippen molar-refractivity contribution in [3.05, 3.63) is 34.9 Å². The molecule has 100 valence electrons. The van der Waals surface area contributed by atoms with Crippen molar-refractivity contribution in [3.8, 4) is 0 Å². The number of hydrogen-bond acceptors (Lipinski definition) is 1. The number of rotatable bonds is 3. The third-order valence-corrected chi connectivity index (χ3v) is 4.14. The lowest BCUT2D eigenvalue weighted by Crippen LogP contribution is -2.29. The highest BCUT2D eigenvalue weighted by Gasteiger charge is 2.20. The van der Waals surface area contributed by atoms with E-state index in [0.717, 1.165) is 12.5 Å². The molecular formula is C17H27N. The van der Waals surface area contributed by atoms with E-state index in [9.17, 15) is 0 Å². The first kappa shape index (κ1) is 13.6. The Morgan fingerprint density at radius 1 is 1.11 bits per heavy atom. The highest BCUT2D eigenvalue weighted by Crippen LogP contribution is 2.32. The molecule has 1 atom stereocenters. The van der Waals surface area contributed by atoms with E-state index in [1.54, 1.807) is 11.1 Å². The molecule has 1 aromatic carbocycles. The van der Waals surface area contributed by atoms with Gasteiger partial charge in [-0.05, 0) is 53.8 Å². The third kappa shape index (κ3) is 2.95. The Hall–Kier alpha value is -0.820. The molecule has 1 aliphatic rings. The predicted molar refractivity (Wildman–Crippen MR) is 79.5 cm³/mol. The molecule has 0 spiro atoms. The number of hydrogen-bond donors (Lipinski definition) is 1. The van der Waals surface area contributed by atoms with Gasteiger partial charge in [0.15, 0.2) is 0 Å². The molecule has 1 saturated heterocycles. The van der Waals surface area contributed by atoms with Crippen LogP contribution in [-0.2, 0) is 0 Å². The molecule has 0 bridgehead atoms. The van der Waals surface area contributed by atoms with Crippen molar-refractivity contribution in [2.45, 2.75) is 58.3 Å². The Balaban J connectivity index is 2.36. The van der Waals surface area contributed by atoms with Gasteiger partial charge in [0, 0.05) is 6.54 Å². The van der Waals surface area contributed by atoms with Gasteiger partial charge >= 0.3 is 0 Å². The van der Waals surface area contributed by atoms with Crippen LogP contribution in [0.5, 0.6) is 0 Å². The molecule has 0 saturated carbocycles. The van der Waals surface area contributed by atoms with Crippen LogP contribution in [0.2, 0.25) is 0 Å². The predicted octanol–water partition coefficient (Wildman–Crippen LogP) is 4.40. The molecule has 1 aliphatic heterocycles. The first-order valence-corrected chi connectivity index (χ1v) is 7.44. The summed E-state index contributed by atoms with van der Waals surface area (Å²) in [5.41, 5.74) is 4.64. The van der Waals surface area contributed by atoms with Crippen molar-refractivity contribution in [1.29, 1.82) is 0 Å². The molecule has 18 heavy (non-hydrogen) atoms. The van der Waals surface area contributed by atoms with Gasteiger partial charge in [-0.15, -0.1) is 0 Å². The minimum Gasteiger partial charge on any atom is -0.316 e. The zero-order chi connectivity index (χ0) is 13.1. The van der Waals surface area contributed by atoms with Gasteiger partial charge in [-0.3, -0.25) is 0 Å². The number of benzene rings is 1. The fourth-order valence-electron chi connectivity index (χ4n) is 2.95. The molecule has 0 aromatic heterocycles. The van der Waals surface area contributed by atoms with E-state index in [0.29, 0.717) is 11.8 Å². The molecule has 0 radical (unpaired) electrons. The SMILES string of the molecule is CC(C)c1ccc(C(C)C)c(C2CCCNC2)c1. The van der Waals surface area contributed by atoms with Crippen molar-refractivity contribution < 1.29 is 0 Å². The maximum atomic E-state index is 3.55. The Morgan fingerprint density at radius 3 is 2.44 bits per heavy atom. The summed E-state index contributed by atoms with van der Waals surface area (Å²) in [5.74, 6) is 1.97. The molecule has 2 rings (SSSR count). The molecule has 0 aliphatic carbocycles. The van der Waals surface area contributed by atoms with Crippen LogP contribution >= 0.6 is 0 Å². The summed E-state index contributed by atoms with van der Waals surface area (Å²) in [4.78, 5) is 0. The van der Waals surface area contributed by atoms with Crippen LogP contribution in [0.3, 0.4) is 0 Å². The Labute approximate surface area is 112 Å². The molecular weight excluding hydrogens is 218 g/mol. The average Bonchev–Trinajstić information content (AvgIpc) is 2.39. The molecule has 1 heteroatoms. The summed E-state index contributed by atoms with van der Waals surface area (Å²) in [5, 5.41) is 3.55. The lowest BCUT2D eigenvalue weighted by atomic mass is 9.83. The van der Waals surface area contributed by atoms with Crippen LogP contribution in [-0.4, -0.2) is 13.1 Å². The first-order valence-electron chi connectivity index (χ1n) is 7.44. The van der Waals surface area contributed by atoms with Crippen molar-refractivity contribution in [3.63, 3.8) is 0 Å². The van der Waals surface area contributed by atoms with E-state index in [-0.39, 0.29) is 0 Å². The van der Waals surface area contributed by atoms with Crippen LogP contribution < -0.4 is 5.32 Å². The molecule has 1 heterocycles. The molecule has 0 amide bonds. The van der Waals surface area contributed by atoms with Crippen LogP contribution in [0.25, 0.3) is 0 Å². The van der Waals surface area contributed by atoms with Crippen molar-refractivity contribution in [1.82, 2.24) is 5.32 Å². The topological polar surface area (TPSA) is 12.0 Å². The monoisotopic (exact) mass is 245 g/mol. The van der Waals surface area contributed by atoms with Gasteiger partial charge < -0.3 is 5.32 Å². The van der Waals surface area contributed by atoms with E-state index < -0.39 is 0 Å². The van der Waals surface area contributed by atoms with Gasteiger partial charge in [0.25, 0.3) is 0 Å². The van der Waals surface area contributed by atoms with Gasteiger partial charge in [0.2, 0.25) is 0 Å². The van der Waals surface area contributed by atoms with Crippen LogP contribution in [0, 0.1) is 0 Å². The minimum atomic E-state index is 0.626. The van der Waals surface area contributed by atoms with Crippen molar-refractivity contribution in [2.75, 3.05) is 13.1 Å². The summed E-state index contributed by atoms with van der Waals surface area (Å²) in [6.45, 7) is 11.5. The van der Waals surface area contributed by atoms with Gasteiger partial charge in [0.1, 0.15) is 0 Å². The van der Waals surface area contributed by atoms with Crippen LogP contribution in [0.15, 0.2) is 18.2 Å². The smallest absolute Gasteiger partial charge is 0.00202 e. The highest BCUT2D eigenvalue weighted by molar-refractivity contribution is 5.38. The number of nitrogens with one attached hydrogen (secondary N) is 1. The average molecular weight is 245 g/mol. The zero-order valence-electron chi connectivity index (χ0n) is 12.3. The molecule has 1 aromatic rings. The Bertz CT molecular complexity index is 387. The molecule has 1 unspecified atom stereocenters. The van der Waals surface area contributed by atoms with Crippen molar-refractivity contribution >= 4 is 0 Å². The van der Waals surface area contributed by atoms with E-state index >= 15 is 0 Å². The van der Waals surface area contributed by atoms with Gasteiger partial charge in [-0.2, -0.15) is 0 Å². The standard InChI is InChI=1S/C17H27N/c1-12(2)14-7-8-16(13(3)4)17(10-14)15-6-5-9-18-11-15/h7-8,10,12-13,15,18H,5-6,9,11H2,1-4H3. The second-order valence-electron chi connectivity index (χ2n) is 6.24. The van der Waals surface area contributed by atoms with Crippen LogP contribution in [0.4, 0.5) is 0 Å². The first-order chi connectivity index (χ1) is 8.59. The molecule has 1 nitrogen and oxygen atoms in total. The second kappa shape index (κ2) is 5.88. The maximum Gasteiger partial charge on any atom is 0.00202 e. The summed E-state index contributed by atoms with van der Waals surface area (Å²) in [6.07, 6.45) is 2.66. The van der Waals surface area contributed by atoms with Crippen LogP contribution in [0.1, 0.15) is 75.0 Å². The van der Waals surface area contributed by atoms with Crippen molar-refractivity contribution in [2.24, 2.45) is 0 Å². The highest BCUT2D eigenvalue weighted by atomic mass is 14.9. The Morgan fingerprint density at radius 2 is 1.89 bits per heavy atom. The maximum absolute atomic E-state index is 3.55. The second-order valence-corrected chi connectivity index (χ2v) is 6.24. The van der Waals surface area contributed by atoms with E-state index in [2.05, 4.69) is 51.2 Å². The summed E-state index contributed by atoms with van der Waals surface area (Å²) in [7, 11) is 0. The molecule has 1 fully saturated rings. The van der Waals surface area contributed by atoms with Gasteiger partial charge in [-0.1, -0.05) is 45.9 Å². The van der Waals surface area contributed by atoms with Gasteiger partial charge in [0.05, 0.1) is 0 Å². The van der Waals surface area contributed by atoms with E-state index in [4.69, 9.17) is 0 Å². The zero-order valence-corrected chi connectivity index (χ0v) is 12.3. The largest absolute Gasteiger partial charge is 0.316 e.